The van der Waals surface area contributed by atoms with Crippen LogP contribution in [0.5, 0.6) is 0 Å². The van der Waals surface area contributed by atoms with E-state index in [-0.39, 0.29) is 5.91 Å². The predicted octanol–water partition coefficient (Wildman–Crippen LogP) is 4.72. The highest BCUT2D eigenvalue weighted by atomic mass is 16.1. The maximum atomic E-state index is 12.7. The van der Waals surface area contributed by atoms with Crippen LogP contribution in [-0.4, -0.2) is 28.9 Å². The number of amides is 1. The van der Waals surface area contributed by atoms with Crippen molar-refractivity contribution in [1.29, 1.82) is 0 Å². The number of nitrogens with zero attached hydrogens (tertiary/aromatic N) is 2. The van der Waals surface area contributed by atoms with Crippen LogP contribution in [0.1, 0.15) is 35.7 Å². The van der Waals surface area contributed by atoms with E-state index < -0.39 is 0 Å². The van der Waals surface area contributed by atoms with Gasteiger partial charge in [0.05, 0.1) is 11.1 Å². The van der Waals surface area contributed by atoms with Crippen molar-refractivity contribution in [1.82, 2.24) is 9.88 Å². The molecule has 1 aliphatic heterocycles. The van der Waals surface area contributed by atoms with Gasteiger partial charge in [-0.1, -0.05) is 37.3 Å². The number of nitrogens with one attached hydrogen (secondary N) is 1. The topological polar surface area (TPSA) is 45.2 Å². The van der Waals surface area contributed by atoms with Gasteiger partial charge in [-0.15, -0.1) is 0 Å². The van der Waals surface area contributed by atoms with Crippen molar-refractivity contribution in [2.75, 3.05) is 18.4 Å². The number of carbonyl (C=O) groups excluding carboxylic acids is 1. The number of benzene rings is 2. The molecule has 1 aliphatic rings. The molecule has 1 amide bonds. The first-order valence-corrected chi connectivity index (χ1v) is 9.65. The third kappa shape index (κ3) is 4.17. The van der Waals surface area contributed by atoms with E-state index in [2.05, 4.69) is 34.3 Å². The van der Waals surface area contributed by atoms with Crippen LogP contribution in [0, 0.1) is 5.92 Å². The number of aromatic nitrogens is 1. The van der Waals surface area contributed by atoms with Crippen LogP contribution >= 0.6 is 0 Å². The molecule has 4 heteroatoms. The van der Waals surface area contributed by atoms with Gasteiger partial charge in [-0.25, -0.2) is 0 Å². The minimum atomic E-state index is -0.105. The Morgan fingerprint density at radius 1 is 1.07 bits per heavy atom. The standard InChI is InChI=1S/C23H25N3O/c1-17-11-14-26(15-12-17)16-18-6-8-19(9-7-18)25-23(27)21-10-13-24-22-5-3-2-4-20(21)22/h2-10,13,17H,11-12,14-16H2,1H3,(H,25,27). The number of rotatable bonds is 4. The normalized spacial score (nSPS) is 15.7. The van der Waals surface area contributed by atoms with Gasteiger partial charge in [0.2, 0.25) is 0 Å². The summed E-state index contributed by atoms with van der Waals surface area (Å²) in [7, 11) is 0. The van der Waals surface area contributed by atoms with E-state index >= 15 is 0 Å². The molecule has 1 fully saturated rings. The molecule has 27 heavy (non-hydrogen) atoms. The Bertz CT molecular complexity index is 923. The van der Waals surface area contributed by atoms with Crippen molar-refractivity contribution in [3.05, 3.63) is 71.9 Å². The Balaban J connectivity index is 1.43. The van der Waals surface area contributed by atoms with Crippen molar-refractivity contribution in [2.24, 2.45) is 5.92 Å². The second-order valence-electron chi connectivity index (χ2n) is 7.49. The van der Waals surface area contributed by atoms with E-state index in [0.717, 1.165) is 29.1 Å². The van der Waals surface area contributed by atoms with Crippen molar-refractivity contribution in [3.8, 4) is 0 Å². The van der Waals surface area contributed by atoms with Crippen molar-refractivity contribution in [2.45, 2.75) is 26.3 Å². The number of fused-ring (bicyclic) bond motifs is 1. The fourth-order valence-electron chi connectivity index (χ4n) is 3.66. The summed E-state index contributed by atoms with van der Waals surface area (Å²) < 4.78 is 0. The maximum Gasteiger partial charge on any atom is 0.256 e. The molecule has 0 unspecified atom stereocenters. The molecule has 4 rings (SSSR count). The smallest absolute Gasteiger partial charge is 0.256 e. The number of carbonyl (C=O) groups is 1. The van der Waals surface area contributed by atoms with Gasteiger partial charge in [-0.05, 0) is 61.7 Å². The van der Waals surface area contributed by atoms with Crippen molar-refractivity contribution < 1.29 is 4.79 Å². The molecule has 2 aromatic carbocycles. The first-order valence-electron chi connectivity index (χ1n) is 9.65. The number of piperidine rings is 1. The van der Waals surface area contributed by atoms with Crippen LogP contribution in [0.25, 0.3) is 10.9 Å². The van der Waals surface area contributed by atoms with E-state index in [1.54, 1.807) is 12.3 Å². The van der Waals surface area contributed by atoms with Crippen molar-refractivity contribution >= 4 is 22.5 Å². The number of hydrogen-bond donors (Lipinski definition) is 1. The van der Waals surface area contributed by atoms with Crippen molar-refractivity contribution in [3.63, 3.8) is 0 Å². The zero-order valence-corrected chi connectivity index (χ0v) is 15.7. The van der Waals surface area contributed by atoms with Crippen LogP contribution in [0.2, 0.25) is 0 Å². The lowest BCUT2D eigenvalue weighted by molar-refractivity contribution is 0.102. The second-order valence-corrected chi connectivity index (χ2v) is 7.49. The number of likely N-dealkylation sites (tertiary alicyclic amines) is 1. The molecule has 0 aliphatic carbocycles. The highest BCUT2D eigenvalue weighted by molar-refractivity contribution is 6.12. The molecule has 4 nitrogen and oxygen atoms in total. The zero-order valence-electron chi connectivity index (χ0n) is 15.7. The highest BCUT2D eigenvalue weighted by Gasteiger charge is 2.16. The fourth-order valence-corrected chi connectivity index (χ4v) is 3.66. The fraction of sp³-hybridized carbons (Fsp3) is 0.304. The third-order valence-electron chi connectivity index (χ3n) is 5.39. The second kappa shape index (κ2) is 7.89. The minimum Gasteiger partial charge on any atom is -0.322 e. The predicted molar refractivity (Wildman–Crippen MR) is 110 cm³/mol. The molecule has 0 saturated carbocycles. The van der Waals surface area contributed by atoms with Crippen LogP contribution in [0.4, 0.5) is 5.69 Å². The van der Waals surface area contributed by atoms with Crippen LogP contribution in [0.3, 0.4) is 0 Å². The minimum absolute atomic E-state index is 0.105. The van der Waals surface area contributed by atoms with Gasteiger partial charge in [0, 0.05) is 23.8 Å². The van der Waals surface area contributed by atoms with E-state index in [4.69, 9.17) is 0 Å². The largest absolute Gasteiger partial charge is 0.322 e. The van der Waals surface area contributed by atoms with Crippen LogP contribution < -0.4 is 5.32 Å². The van der Waals surface area contributed by atoms with E-state index in [0.29, 0.717) is 5.56 Å². The molecule has 0 spiro atoms. The number of anilines is 1. The summed E-state index contributed by atoms with van der Waals surface area (Å²) >= 11 is 0. The Morgan fingerprint density at radius 2 is 1.81 bits per heavy atom. The molecule has 1 saturated heterocycles. The summed E-state index contributed by atoms with van der Waals surface area (Å²) in [5.41, 5.74) is 3.58. The average Bonchev–Trinajstić information content (AvgIpc) is 2.71. The van der Waals surface area contributed by atoms with E-state index in [9.17, 15) is 4.79 Å². The van der Waals surface area contributed by atoms with E-state index in [1.807, 2.05) is 36.4 Å². The first kappa shape index (κ1) is 17.7. The summed E-state index contributed by atoms with van der Waals surface area (Å²) in [4.78, 5) is 19.5. The summed E-state index contributed by atoms with van der Waals surface area (Å²) in [6.45, 7) is 5.67. The molecule has 1 N–H and O–H groups in total. The monoisotopic (exact) mass is 359 g/mol. The Labute approximate surface area is 160 Å². The zero-order chi connectivity index (χ0) is 18.6. The van der Waals surface area contributed by atoms with Gasteiger partial charge < -0.3 is 5.32 Å². The van der Waals surface area contributed by atoms with Gasteiger partial charge in [-0.2, -0.15) is 0 Å². The molecule has 0 bridgehead atoms. The quantitative estimate of drug-likeness (QED) is 0.733. The highest BCUT2D eigenvalue weighted by Crippen LogP contribution is 2.20. The van der Waals surface area contributed by atoms with Crippen LogP contribution in [0.15, 0.2) is 60.8 Å². The first-order chi connectivity index (χ1) is 13.2. The molecule has 1 aromatic heterocycles. The van der Waals surface area contributed by atoms with Gasteiger partial charge in [-0.3, -0.25) is 14.7 Å². The average molecular weight is 359 g/mol. The molecule has 0 atom stereocenters. The maximum absolute atomic E-state index is 12.7. The summed E-state index contributed by atoms with van der Waals surface area (Å²) in [5, 5.41) is 3.88. The Kier molecular flexibility index (Phi) is 5.16. The number of para-hydroxylation sites is 1. The number of hydrogen-bond acceptors (Lipinski definition) is 3. The summed E-state index contributed by atoms with van der Waals surface area (Å²) in [6, 6.07) is 17.7. The molecular formula is C23H25N3O. The lowest BCUT2D eigenvalue weighted by Gasteiger charge is -2.30. The molecule has 3 aromatic rings. The SMILES string of the molecule is CC1CCN(Cc2ccc(NC(=O)c3ccnc4ccccc34)cc2)CC1. The van der Waals surface area contributed by atoms with Gasteiger partial charge in [0.15, 0.2) is 0 Å². The van der Waals surface area contributed by atoms with Gasteiger partial charge in [0.1, 0.15) is 0 Å². The lowest BCUT2D eigenvalue weighted by Crippen LogP contribution is -2.32. The Hall–Kier alpha value is -2.72. The molecule has 2 heterocycles. The summed E-state index contributed by atoms with van der Waals surface area (Å²) in [5.74, 6) is 0.745. The van der Waals surface area contributed by atoms with Gasteiger partial charge in [0.25, 0.3) is 5.91 Å². The van der Waals surface area contributed by atoms with E-state index in [1.165, 1.54) is 31.5 Å². The van der Waals surface area contributed by atoms with Gasteiger partial charge >= 0.3 is 0 Å². The molecule has 0 radical (unpaired) electrons. The molecular weight excluding hydrogens is 334 g/mol. The number of pyridine rings is 1. The van der Waals surface area contributed by atoms with Crippen LogP contribution in [-0.2, 0) is 6.54 Å². The third-order valence-corrected chi connectivity index (χ3v) is 5.39. The summed E-state index contributed by atoms with van der Waals surface area (Å²) in [6.07, 6.45) is 4.25. The Morgan fingerprint density at radius 3 is 2.59 bits per heavy atom. The lowest BCUT2D eigenvalue weighted by atomic mass is 9.99. The molecule has 138 valence electrons.